The summed E-state index contributed by atoms with van der Waals surface area (Å²) in [5.74, 6) is -5.72. The van der Waals surface area contributed by atoms with E-state index < -0.39 is 50.5 Å². The van der Waals surface area contributed by atoms with Crippen LogP contribution in [0.3, 0.4) is 0 Å². The van der Waals surface area contributed by atoms with Crippen molar-refractivity contribution in [3.8, 4) is 0 Å². The largest absolute Gasteiger partial charge is 0.477 e. The molecule has 0 radical (unpaired) electrons. The average molecular weight is 322 g/mol. The molecule has 7 nitrogen and oxygen atoms in total. The number of carbonyl (C=O) groups is 2. The molecule has 0 bridgehead atoms. The monoisotopic (exact) mass is 322 g/mol. The first-order valence-corrected chi connectivity index (χ1v) is 7.16. The van der Waals surface area contributed by atoms with E-state index in [-0.39, 0.29) is 6.54 Å². The van der Waals surface area contributed by atoms with Crippen molar-refractivity contribution < 1.29 is 31.9 Å². The molecule has 1 rings (SSSR count). The molecule has 0 spiro atoms. The van der Waals surface area contributed by atoms with Gasteiger partial charge in [-0.3, -0.25) is 4.79 Å². The summed E-state index contributed by atoms with van der Waals surface area (Å²) in [5, 5.41) is 11.0. The zero-order chi connectivity index (χ0) is 16.2. The summed E-state index contributed by atoms with van der Waals surface area (Å²) in [6.07, 6.45) is 0. The number of nitrogens with one attached hydrogen (secondary N) is 2. The number of amides is 1. The summed E-state index contributed by atoms with van der Waals surface area (Å²) in [4.78, 5) is 20.8. The van der Waals surface area contributed by atoms with Gasteiger partial charge in [-0.1, -0.05) is 0 Å². The van der Waals surface area contributed by atoms with Gasteiger partial charge in [0.05, 0.1) is 6.54 Å². The fourth-order valence-corrected chi connectivity index (χ4v) is 2.50. The molecule has 0 atom stereocenters. The fourth-order valence-electron chi connectivity index (χ4n) is 1.43. The molecule has 0 saturated heterocycles. The van der Waals surface area contributed by atoms with E-state index in [9.17, 15) is 26.8 Å². The van der Waals surface area contributed by atoms with Crippen molar-refractivity contribution in [3.63, 3.8) is 0 Å². The van der Waals surface area contributed by atoms with Crippen LogP contribution in [0.25, 0.3) is 0 Å². The molecule has 0 fully saturated rings. The third-order valence-electron chi connectivity index (χ3n) is 2.36. The lowest BCUT2D eigenvalue weighted by Gasteiger charge is -2.09. The van der Waals surface area contributed by atoms with Crippen molar-refractivity contribution in [2.75, 3.05) is 13.1 Å². The topological polar surface area (TPSA) is 113 Å². The van der Waals surface area contributed by atoms with Crippen LogP contribution in [0.2, 0.25) is 0 Å². The minimum absolute atomic E-state index is 0.272. The minimum Gasteiger partial charge on any atom is -0.477 e. The van der Waals surface area contributed by atoms with E-state index in [1.165, 1.54) is 0 Å². The number of rotatable bonds is 6. The summed E-state index contributed by atoms with van der Waals surface area (Å²) < 4.78 is 52.4. The van der Waals surface area contributed by atoms with Crippen LogP contribution < -0.4 is 10.0 Å². The van der Waals surface area contributed by atoms with Gasteiger partial charge in [-0.15, -0.1) is 0 Å². The molecule has 0 heterocycles. The molecule has 0 aromatic heterocycles. The van der Waals surface area contributed by atoms with Gasteiger partial charge in [-0.05, 0) is 19.1 Å². The van der Waals surface area contributed by atoms with Gasteiger partial charge in [-0.2, -0.15) is 0 Å². The summed E-state index contributed by atoms with van der Waals surface area (Å²) in [6, 6.07) is 1.10. The third-order valence-corrected chi connectivity index (χ3v) is 3.77. The maximum Gasteiger partial charge on any atom is 0.341 e. The van der Waals surface area contributed by atoms with E-state index in [0.29, 0.717) is 12.1 Å². The van der Waals surface area contributed by atoms with Crippen molar-refractivity contribution in [2.24, 2.45) is 0 Å². The number of carboxylic acids is 1. The first-order valence-electron chi connectivity index (χ1n) is 5.68. The molecular weight excluding hydrogens is 310 g/mol. The third kappa shape index (κ3) is 3.95. The Labute approximate surface area is 119 Å². The Kier molecular flexibility index (Phi) is 5.33. The molecular formula is C11H12F2N2O5S. The second-order valence-electron chi connectivity index (χ2n) is 3.82. The number of carboxylic acid groups (broad SMARTS) is 1. The van der Waals surface area contributed by atoms with Crippen LogP contribution in [-0.4, -0.2) is 38.5 Å². The molecule has 21 heavy (non-hydrogen) atoms. The van der Waals surface area contributed by atoms with E-state index in [1.807, 2.05) is 0 Å². The number of halogens is 2. The molecule has 1 aromatic carbocycles. The first-order chi connectivity index (χ1) is 9.70. The lowest BCUT2D eigenvalue weighted by atomic mass is 10.2. The molecule has 0 saturated carbocycles. The Morgan fingerprint density at radius 3 is 2.43 bits per heavy atom. The van der Waals surface area contributed by atoms with Crippen LogP contribution in [0.4, 0.5) is 8.78 Å². The number of hydrogen-bond donors (Lipinski definition) is 3. The van der Waals surface area contributed by atoms with Crippen LogP contribution in [0.5, 0.6) is 0 Å². The van der Waals surface area contributed by atoms with Crippen molar-refractivity contribution in [1.29, 1.82) is 0 Å². The van der Waals surface area contributed by atoms with Crippen molar-refractivity contribution in [2.45, 2.75) is 11.8 Å². The van der Waals surface area contributed by atoms with Gasteiger partial charge in [0.1, 0.15) is 16.3 Å². The predicted octanol–water partition coefficient (Wildman–Crippen LogP) is 0.0774. The summed E-state index contributed by atoms with van der Waals surface area (Å²) >= 11 is 0. The van der Waals surface area contributed by atoms with Gasteiger partial charge in [0.25, 0.3) is 0 Å². The molecule has 0 unspecified atom stereocenters. The van der Waals surface area contributed by atoms with E-state index in [4.69, 9.17) is 5.11 Å². The highest BCUT2D eigenvalue weighted by molar-refractivity contribution is 7.89. The molecule has 10 heteroatoms. The number of aromatic carboxylic acids is 1. The smallest absolute Gasteiger partial charge is 0.341 e. The number of sulfonamides is 1. The maximum atomic E-state index is 13.8. The average Bonchev–Trinajstić information content (AvgIpc) is 2.36. The Balaban J connectivity index is 3.13. The van der Waals surface area contributed by atoms with Gasteiger partial charge >= 0.3 is 5.97 Å². The van der Waals surface area contributed by atoms with Crippen molar-refractivity contribution in [3.05, 3.63) is 29.3 Å². The minimum atomic E-state index is -4.49. The lowest BCUT2D eigenvalue weighted by molar-refractivity contribution is -0.119. The number of hydrogen-bond acceptors (Lipinski definition) is 4. The van der Waals surface area contributed by atoms with E-state index in [2.05, 4.69) is 5.32 Å². The van der Waals surface area contributed by atoms with Crippen LogP contribution in [0, 0.1) is 11.6 Å². The van der Waals surface area contributed by atoms with E-state index in [1.54, 1.807) is 11.6 Å². The van der Waals surface area contributed by atoms with Gasteiger partial charge in [0.2, 0.25) is 15.9 Å². The molecule has 0 aliphatic rings. The standard InChI is InChI=1S/C11H12F2N2O5S/c1-2-14-8(16)5-15-21(19,20)7-4-3-6(12)9(10(7)13)11(17)18/h3-4,15H,2,5H2,1H3,(H,14,16)(H,17,18). The zero-order valence-electron chi connectivity index (χ0n) is 10.8. The summed E-state index contributed by atoms with van der Waals surface area (Å²) in [5.41, 5.74) is -1.38. The highest BCUT2D eigenvalue weighted by Crippen LogP contribution is 2.20. The van der Waals surface area contributed by atoms with Crippen LogP contribution in [-0.2, 0) is 14.8 Å². The molecule has 0 aliphatic carbocycles. The molecule has 3 N–H and O–H groups in total. The highest BCUT2D eigenvalue weighted by atomic mass is 32.2. The zero-order valence-corrected chi connectivity index (χ0v) is 11.6. The van der Waals surface area contributed by atoms with Crippen LogP contribution >= 0.6 is 0 Å². The van der Waals surface area contributed by atoms with Gasteiger partial charge in [-0.25, -0.2) is 26.7 Å². The van der Waals surface area contributed by atoms with Crippen molar-refractivity contribution >= 4 is 21.9 Å². The molecule has 0 aliphatic heterocycles. The van der Waals surface area contributed by atoms with Crippen molar-refractivity contribution in [1.82, 2.24) is 10.0 Å². The summed E-state index contributed by atoms with van der Waals surface area (Å²) in [7, 11) is -4.49. The number of benzene rings is 1. The van der Waals surface area contributed by atoms with Crippen LogP contribution in [0.1, 0.15) is 17.3 Å². The van der Waals surface area contributed by atoms with Gasteiger partial charge in [0.15, 0.2) is 5.82 Å². The first kappa shape index (κ1) is 17.0. The second-order valence-corrected chi connectivity index (χ2v) is 5.55. The normalized spacial score (nSPS) is 11.2. The molecule has 116 valence electrons. The maximum absolute atomic E-state index is 13.8. The molecule has 1 aromatic rings. The number of likely N-dealkylation sites (N-methyl/N-ethyl adjacent to an activating group) is 1. The SMILES string of the molecule is CCNC(=O)CNS(=O)(=O)c1ccc(F)c(C(=O)O)c1F. The Bertz CT molecular complexity index is 675. The quantitative estimate of drug-likeness (QED) is 0.686. The molecule has 1 amide bonds. The van der Waals surface area contributed by atoms with Gasteiger partial charge < -0.3 is 10.4 Å². The fraction of sp³-hybridized carbons (Fsp3) is 0.273. The second kappa shape index (κ2) is 6.59. The summed E-state index contributed by atoms with van der Waals surface area (Å²) in [6.45, 7) is 1.23. The van der Waals surface area contributed by atoms with E-state index in [0.717, 1.165) is 0 Å². The predicted molar refractivity (Wildman–Crippen MR) is 67.2 cm³/mol. The highest BCUT2D eigenvalue weighted by Gasteiger charge is 2.27. The Morgan fingerprint density at radius 2 is 1.90 bits per heavy atom. The van der Waals surface area contributed by atoms with E-state index >= 15 is 0 Å². The Hall–Kier alpha value is -2.07. The van der Waals surface area contributed by atoms with Gasteiger partial charge in [0, 0.05) is 6.54 Å². The lowest BCUT2D eigenvalue weighted by Crippen LogP contribution is -2.37. The Morgan fingerprint density at radius 1 is 1.29 bits per heavy atom. The van der Waals surface area contributed by atoms with Crippen LogP contribution in [0.15, 0.2) is 17.0 Å². The number of carbonyl (C=O) groups excluding carboxylic acids is 1.